The molecule has 2 rings (SSSR count). The second-order valence-electron chi connectivity index (χ2n) is 5.02. The molecule has 0 radical (unpaired) electrons. The fourth-order valence-electron chi connectivity index (χ4n) is 2.24. The van der Waals surface area contributed by atoms with Gasteiger partial charge in [-0.15, -0.1) is 0 Å². The number of carbonyl (C=O) groups is 1. The van der Waals surface area contributed by atoms with Crippen LogP contribution >= 0.6 is 11.6 Å². The molecule has 1 fully saturated rings. The molecule has 0 heterocycles. The zero-order valence-corrected chi connectivity index (χ0v) is 12.1. The summed E-state index contributed by atoms with van der Waals surface area (Å²) in [7, 11) is 0. The van der Waals surface area contributed by atoms with E-state index in [0.29, 0.717) is 48.3 Å². The Hall–Kier alpha value is -1.32. The first-order valence-corrected chi connectivity index (χ1v) is 7.30. The lowest BCUT2D eigenvalue weighted by molar-refractivity contribution is -0.117. The SMILES string of the molecule is O=C1CC[C@H](/C=C/c2ccc(OCCCO)c(Cl)c2)C1. The van der Waals surface area contributed by atoms with Gasteiger partial charge >= 0.3 is 0 Å². The molecule has 1 aromatic carbocycles. The molecule has 0 aromatic heterocycles. The molecule has 0 saturated heterocycles. The van der Waals surface area contributed by atoms with E-state index in [1.165, 1.54) is 0 Å². The van der Waals surface area contributed by atoms with E-state index < -0.39 is 0 Å². The highest BCUT2D eigenvalue weighted by molar-refractivity contribution is 6.32. The normalized spacial score (nSPS) is 18.9. The lowest BCUT2D eigenvalue weighted by atomic mass is 10.1. The number of halogens is 1. The van der Waals surface area contributed by atoms with E-state index >= 15 is 0 Å². The van der Waals surface area contributed by atoms with E-state index in [1.807, 2.05) is 24.3 Å². The van der Waals surface area contributed by atoms with Crippen LogP contribution in [0.5, 0.6) is 5.75 Å². The van der Waals surface area contributed by atoms with Gasteiger partial charge in [0.15, 0.2) is 0 Å². The summed E-state index contributed by atoms with van der Waals surface area (Å²) in [6.45, 7) is 0.564. The molecule has 0 amide bonds. The topological polar surface area (TPSA) is 46.5 Å². The predicted octanol–water partition coefficient (Wildman–Crippen LogP) is 3.48. The average molecular weight is 295 g/mol. The molecule has 1 saturated carbocycles. The number of hydrogen-bond acceptors (Lipinski definition) is 3. The van der Waals surface area contributed by atoms with Crippen molar-refractivity contribution in [2.75, 3.05) is 13.2 Å². The molecular weight excluding hydrogens is 276 g/mol. The highest BCUT2D eigenvalue weighted by Gasteiger charge is 2.19. The third kappa shape index (κ3) is 4.36. The molecular formula is C16H19ClO3. The van der Waals surface area contributed by atoms with E-state index in [1.54, 1.807) is 0 Å². The maximum Gasteiger partial charge on any atom is 0.137 e. The Morgan fingerprint density at radius 2 is 2.30 bits per heavy atom. The molecule has 20 heavy (non-hydrogen) atoms. The highest BCUT2D eigenvalue weighted by atomic mass is 35.5. The minimum Gasteiger partial charge on any atom is -0.492 e. The van der Waals surface area contributed by atoms with Gasteiger partial charge in [-0.25, -0.2) is 0 Å². The Kier molecular flexibility index (Phi) is 5.62. The Labute approximate surface area is 124 Å². The van der Waals surface area contributed by atoms with Crippen molar-refractivity contribution >= 4 is 23.5 Å². The first-order valence-electron chi connectivity index (χ1n) is 6.92. The molecule has 0 unspecified atom stereocenters. The Bertz CT molecular complexity index is 496. The minimum atomic E-state index is 0.110. The van der Waals surface area contributed by atoms with Crippen molar-refractivity contribution in [1.29, 1.82) is 0 Å². The summed E-state index contributed by atoms with van der Waals surface area (Å²) in [6, 6.07) is 5.62. The van der Waals surface area contributed by atoms with Crippen LogP contribution in [0.1, 0.15) is 31.2 Å². The van der Waals surface area contributed by atoms with Gasteiger partial charge in [-0.3, -0.25) is 4.79 Å². The zero-order chi connectivity index (χ0) is 14.4. The van der Waals surface area contributed by atoms with Crippen LogP contribution in [0.15, 0.2) is 24.3 Å². The monoisotopic (exact) mass is 294 g/mol. The van der Waals surface area contributed by atoms with Gasteiger partial charge in [0, 0.05) is 25.9 Å². The fourth-order valence-corrected chi connectivity index (χ4v) is 2.48. The van der Waals surface area contributed by atoms with Crippen molar-refractivity contribution in [1.82, 2.24) is 0 Å². The minimum absolute atomic E-state index is 0.110. The summed E-state index contributed by atoms with van der Waals surface area (Å²) < 4.78 is 5.46. The maximum absolute atomic E-state index is 11.2. The van der Waals surface area contributed by atoms with Crippen LogP contribution in [-0.2, 0) is 4.79 Å². The van der Waals surface area contributed by atoms with Gasteiger partial charge in [-0.05, 0) is 30.0 Å². The number of ketones is 1. The van der Waals surface area contributed by atoms with Crippen LogP contribution in [0.4, 0.5) is 0 Å². The van der Waals surface area contributed by atoms with Crippen LogP contribution in [0.2, 0.25) is 5.02 Å². The van der Waals surface area contributed by atoms with Crippen molar-refractivity contribution in [2.45, 2.75) is 25.7 Å². The Balaban J connectivity index is 1.94. The summed E-state index contributed by atoms with van der Waals surface area (Å²) in [4.78, 5) is 11.2. The smallest absolute Gasteiger partial charge is 0.137 e. The molecule has 1 atom stereocenters. The Morgan fingerprint density at radius 1 is 1.45 bits per heavy atom. The number of benzene rings is 1. The van der Waals surface area contributed by atoms with Crippen LogP contribution < -0.4 is 4.74 Å². The molecule has 4 heteroatoms. The zero-order valence-electron chi connectivity index (χ0n) is 11.3. The molecule has 108 valence electrons. The van der Waals surface area contributed by atoms with E-state index in [-0.39, 0.29) is 6.61 Å². The molecule has 1 N–H and O–H groups in total. The maximum atomic E-state index is 11.2. The molecule has 1 aliphatic carbocycles. The average Bonchev–Trinajstić information content (AvgIpc) is 2.85. The van der Waals surface area contributed by atoms with Crippen LogP contribution in [-0.4, -0.2) is 24.1 Å². The van der Waals surface area contributed by atoms with Gasteiger partial charge in [-0.2, -0.15) is 0 Å². The third-order valence-corrected chi connectivity index (χ3v) is 3.66. The van der Waals surface area contributed by atoms with Gasteiger partial charge in [0.2, 0.25) is 0 Å². The molecule has 0 aliphatic heterocycles. The van der Waals surface area contributed by atoms with Crippen molar-refractivity contribution in [3.63, 3.8) is 0 Å². The largest absolute Gasteiger partial charge is 0.492 e. The second-order valence-corrected chi connectivity index (χ2v) is 5.42. The summed E-state index contributed by atoms with van der Waals surface area (Å²) >= 11 is 6.15. The van der Waals surface area contributed by atoms with Gasteiger partial charge in [0.05, 0.1) is 11.6 Å². The first kappa shape index (κ1) is 15.1. The van der Waals surface area contributed by atoms with Gasteiger partial charge < -0.3 is 9.84 Å². The highest BCUT2D eigenvalue weighted by Crippen LogP contribution is 2.28. The summed E-state index contributed by atoms with van der Waals surface area (Å²) in [5.41, 5.74) is 1.00. The number of aliphatic hydroxyl groups excluding tert-OH is 1. The molecule has 0 spiro atoms. The fraction of sp³-hybridized carbons (Fsp3) is 0.438. The number of carbonyl (C=O) groups excluding carboxylic acids is 1. The molecule has 0 bridgehead atoms. The quantitative estimate of drug-likeness (QED) is 0.817. The van der Waals surface area contributed by atoms with Crippen LogP contribution in [0, 0.1) is 5.92 Å². The van der Waals surface area contributed by atoms with Gasteiger partial charge in [0.25, 0.3) is 0 Å². The van der Waals surface area contributed by atoms with Crippen molar-refractivity contribution in [3.8, 4) is 5.75 Å². The number of Topliss-reactive ketones (excluding diaryl/α,β-unsaturated/α-hetero) is 1. The number of hydrogen-bond donors (Lipinski definition) is 1. The van der Waals surface area contributed by atoms with Gasteiger partial charge in [-0.1, -0.05) is 29.8 Å². The van der Waals surface area contributed by atoms with E-state index in [4.69, 9.17) is 21.4 Å². The van der Waals surface area contributed by atoms with E-state index in [9.17, 15) is 4.79 Å². The summed E-state index contributed by atoms with van der Waals surface area (Å²) in [5, 5.41) is 9.27. The van der Waals surface area contributed by atoms with Crippen molar-refractivity contribution in [3.05, 3.63) is 34.9 Å². The van der Waals surface area contributed by atoms with Crippen molar-refractivity contribution in [2.24, 2.45) is 5.92 Å². The standard InChI is InChI=1S/C16H19ClO3/c17-15-11-13(3-2-12-4-6-14(19)10-12)5-7-16(15)20-9-1-8-18/h2-3,5,7,11-12,18H,1,4,6,8-10H2/b3-2+/t12-/m0/s1. The van der Waals surface area contributed by atoms with E-state index in [2.05, 4.69) is 6.08 Å². The lowest BCUT2D eigenvalue weighted by Gasteiger charge is -2.08. The molecule has 1 aromatic rings. The molecule has 3 nitrogen and oxygen atoms in total. The van der Waals surface area contributed by atoms with Gasteiger partial charge in [0.1, 0.15) is 11.5 Å². The summed E-state index contributed by atoms with van der Waals surface area (Å²) in [6.07, 6.45) is 6.99. The third-order valence-electron chi connectivity index (χ3n) is 3.36. The number of allylic oxidation sites excluding steroid dienone is 1. The molecule has 1 aliphatic rings. The second kappa shape index (κ2) is 7.46. The number of ether oxygens (including phenoxy) is 1. The first-order chi connectivity index (χ1) is 9.69. The van der Waals surface area contributed by atoms with Crippen LogP contribution in [0.3, 0.4) is 0 Å². The number of aliphatic hydroxyl groups is 1. The predicted molar refractivity (Wildman–Crippen MR) is 80.0 cm³/mol. The lowest BCUT2D eigenvalue weighted by Crippen LogP contribution is -2.00. The number of rotatable bonds is 6. The summed E-state index contributed by atoms with van der Waals surface area (Å²) in [5.74, 6) is 1.35. The van der Waals surface area contributed by atoms with Crippen molar-refractivity contribution < 1.29 is 14.6 Å². The van der Waals surface area contributed by atoms with E-state index in [0.717, 1.165) is 12.0 Å². The van der Waals surface area contributed by atoms with Crippen LogP contribution in [0.25, 0.3) is 6.08 Å². The Morgan fingerprint density at radius 3 is 2.95 bits per heavy atom.